The zero-order valence-electron chi connectivity index (χ0n) is 17.8. The molecule has 0 heterocycles. The summed E-state index contributed by atoms with van der Waals surface area (Å²) in [5.41, 5.74) is -30.2. The van der Waals surface area contributed by atoms with E-state index in [1.165, 1.54) is 6.92 Å². The molecule has 4 nitrogen and oxygen atoms in total. The third-order valence-electron chi connectivity index (χ3n) is 6.58. The van der Waals surface area contributed by atoms with E-state index >= 15 is 0 Å². The molecule has 0 N–H and O–H groups in total. The molecular weight excluding hydrogens is 565 g/mol. The molecule has 0 aromatic heterocycles. The number of rotatable bonds is 8. The quantitative estimate of drug-likeness (QED) is 0.179. The number of hydrogen-bond donors (Lipinski definition) is 0. The van der Waals surface area contributed by atoms with Crippen molar-refractivity contribution >= 4 is 5.97 Å². The zero-order chi connectivity index (χ0) is 29.1. The molecule has 0 aromatic carbocycles. The second-order valence-corrected chi connectivity index (χ2v) is 8.48. The number of halogens is 15. The van der Waals surface area contributed by atoms with Gasteiger partial charge in [-0.15, -0.1) is 0 Å². The van der Waals surface area contributed by atoms with Crippen molar-refractivity contribution in [3.8, 4) is 0 Å². The number of ether oxygens (including phenoxy) is 3. The van der Waals surface area contributed by atoms with E-state index in [1.54, 1.807) is 0 Å². The van der Waals surface area contributed by atoms with Crippen LogP contribution in [0.25, 0.3) is 0 Å². The van der Waals surface area contributed by atoms with Crippen LogP contribution in [0.15, 0.2) is 12.2 Å². The van der Waals surface area contributed by atoms with Crippen LogP contribution in [0.5, 0.6) is 0 Å². The van der Waals surface area contributed by atoms with Crippen molar-refractivity contribution in [2.24, 2.45) is 0 Å². The Hall–Kier alpha value is -1.92. The van der Waals surface area contributed by atoms with Crippen LogP contribution in [-0.4, -0.2) is 90.5 Å². The van der Waals surface area contributed by atoms with Crippen LogP contribution >= 0.6 is 0 Å². The lowest BCUT2D eigenvalue weighted by molar-refractivity contribution is -0.619. The first-order valence-corrected chi connectivity index (χ1v) is 9.71. The van der Waals surface area contributed by atoms with E-state index in [2.05, 4.69) is 20.8 Å². The SMILES string of the molecule is C=C(C)C(=O)OCCOCCOC12C(F)(F)C3(F)C(F)(F)C(F)(C(F)(F)C(F)(C3(F)F)C1(F)F)C2(F)F. The molecule has 37 heavy (non-hydrogen) atoms. The van der Waals surface area contributed by atoms with Gasteiger partial charge in [-0.3, -0.25) is 0 Å². The first kappa shape index (κ1) is 29.6. The highest BCUT2D eigenvalue weighted by Gasteiger charge is 3.23. The Balaban J connectivity index is 2.09. The van der Waals surface area contributed by atoms with E-state index in [1.807, 2.05) is 0 Å². The molecule has 4 fully saturated rings. The van der Waals surface area contributed by atoms with Crippen LogP contribution in [0.4, 0.5) is 65.9 Å². The molecule has 0 aliphatic heterocycles. The first-order chi connectivity index (χ1) is 16.3. The van der Waals surface area contributed by atoms with Crippen LogP contribution < -0.4 is 0 Å². The van der Waals surface area contributed by atoms with E-state index < -0.39 is 90.5 Å². The average molecular weight is 578 g/mol. The molecule has 0 saturated heterocycles. The molecule has 4 saturated carbocycles. The Morgan fingerprint density at radius 2 is 0.892 bits per heavy atom. The summed E-state index contributed by atoms with van der Waals surface area (Å²) in [7, 11) is 0. The van der Waals surface area contributed by atoms with Gasteiger partial charge < -0.3 is 14.2 Å². The maximum atomic E-state index is 14.9. The molecule has 4 rings (SSSR count). The first-order valence-electron chi connectivity index (χ1n) is 9.71. The molecule has 19 heteroatoms. The van der Waals surface area contributed by atoms with Crippen molar-refractivity contribution in [2.75, 3.05) is 26.4 Å². The van der Waals surface area contributed by atoms with Gasteiger partial charge in [0.2, 0.25) is 0 Å². The summed E-state index contributed by atoms with van der Waals surface area (Å²) >= 11 is 0. The molecular formula is C18H13F15O4. The fourth-order valence-electron chi connectivity index (χ4n) is 4.75. The van der Waals surface area contributed by atoms with Crippen LogP contribution in [-0.2, 0) is 19.0 Å². The topological polar surface area (TPSA) is 44.8 Å². The van der Waals surface area contributed by atoms with Gasteiger partial charge in [0.15, 0.2) is 0 Å². The second kappa shape index (κ2) is 7.38. The smallest absolute Gasteiger partial charge is 0.339 e. The van der Waals surface area contributed by atoms with E-state index in [0.717, 1.165) is 0 Å². The maximum Gasteiger partial charge on any atom is 0.339 e. The predicted octanol–water partition coefficient (Wildman–Crippen LogP) is 4.86. The molecule has 0 atom stereocenters. The lowest BCUT2D eigenvalue weighted by Crippen LogP contribution is -3.10. The Morgan fingerprint density at radius 3 is 1.22 bits per heavy atom. The van der Waals surface area contributed by atoms with Gasteiger partial charge in [-0.25, -0.2) is 18.0 Å². The van der Waals surface area contributed by atoms with Crippen molar-refractivity contribution in [1.82, 2.24) is 0 Å². The molecule has 4 bridgehead atoms. The zero-order valence-corrected chi connectivity index (χ0v) is 17.8. The van der Waals surface area contributed by atoms with Crippen molar-refractivity contribution in [1.29, 1.82) is 0 Å². The molecule has 0 radical (unpaired) electrons. The minimum Gasteiger partial charge on any atom is -0.460 e. The summed E-state index contributed by atoms with van der Waals surface area (Å²) in [6, 6.07) is 0. The Labute approximate surface area is 195 Å². The summed E-state index contributed by atoms with van der Waals surface area (Å²) in [5, 5.41) is 0. The fraction of sp³-hybridized carbons (Fsp3) is 0.833. The van der Waals surface area contributed by atoms with Crippen molar-refractivity contribution < 1.29 is 84.9 Å². The normalized spacial score (nSPS) is 40.9. The van der Waals surface area contributed by atoms with Gasteiger partial charge in [0.05, 0.1) is 19.8 Å². The Morgan fingerprint density at radius 1 is 0.568 bits per heavy atom. The van der Waals surface area contributed by atoms with E-state index in [9.17, 15) is 70.7 Å². The fourth-order valence-corrected chi connectivity index (χ4v) is 4.75. The third kappa shape index (κ3) is 2.39. The van der Waals surface area contributed by atoms with Gasteiger partial charge in [0.1, 0.15) is 6.61 Å². The third-order valence-corrected chi connectivity index (χ3v) is 6.58. The maximum absolute atomic E-state index is 14.9. The molecule has 0 amide bonds. The van der Waals surface area contributed by atoms with Gasteiger partial charge in [-0.2, -0.15) is 52.7 Å². The summed E-state index contributed by atoms with van der Waals surface area (Å²) in [6.07, 6.45) is 0. The lowest BCUT2D eigenvalue weighted by atomic mass is 9.40. The van der Waals surface area contributed by atoms with Gasteiger partial charge >= 0.3 is 58.5 Å². The summed E-state index contributed by atoms with van der Waals surface area (Å²) in [6.45, 7) is -0.768. The number of carbonyl (C=O) groups excluding carboxylic acids is 1. The number of carbonyl (C=O) groups is 1. The van der Waals surface area contributed by atoms with Crippen LogP contribution in [0.1, 0.15) is 6.92 Å². The monoisotopic (exact) mass is 578 g/mol. The minimum atomic E-state index is -7.86. The highest BCUT2D eigenvalue weighted by Crippen LogP contribution is 2.88. The average Bonchev–Trinajstić information content (AvgIpc) is 2.74. The predicted molar refractivity (Wildman–Crippen MR) is 86.5 cm³/mol. The number of alkyl halides is 15. The van der Waals surface area contributed by atoms with Gasteiger partial charge in [-0.05, 0) is 6.92 Å². The standard InChI is InChI=1S/C18H13F15O4/c1-7(2)8(34)36-5-3-35-4-6-37-12-16(28,29)9(19)13(22,23)10(20,17(12,30)31)15(26,27)11(21,14(9,24)25)18(12,32)33/h1,3-6H2,2H3. The van der Waals surface area contributed by atoms with E-state index in [4.69, 9.17) is 0 Å². The minimum absolute atomic E-state index is 0.136. The summed E-state index contributed by atoms with van der Waals surface area (Å²) in [5.74, 6) is -47.4. The Bertz CT molecular complexity index is 896. The molecule has 4 aliphatic carbocycles. The highest BCUT2D eigenvalue weighted by molar-refractivity contribution is 5.86. The van der Waals surface area contributed by atoms with Crippen molar-refractivity contribution in [3.05, 3.63) is 12.2 Å². The Kier molecular flexibility index (Phi) is 5.91. The van der Waals surface area contributed by atoms with Crippen molar-refractivity contribution in [2.45, 2.75) is 65.1 Å². The molecule has 0 aromatic rings. The molecule has 0 spiro atoms. The number of esters is 1. The largest absolute Gasteiger partial charge is 0.460 e. The van der Waals surface area contributed by atoms with Gasteiger partial charge in [0, 0.05) is 5.57 Å². The summed E-state index contributed by atoms with van der Waals surface area (Å²) < 4.78 is 232. The van der Waals surface area contributed by atoms with E-state index in [0.29, 0.717) is 0 Å². The molecule has 214 valence electrons. The lowest BCUT2D eigenvalue weighted by Gasteiger charge is -2.74. The highest BCUT2D eigenvalue weighted by atomic mass is 19.3. The molecule has 4 aliphatic rings. The second-order valence-electron chi connectivity index (χ2n) is 8.48. The molecule has 0 unspecified atom stereocenters. The van der Waals surface area contributed by atoms with Crippen molar-refractivity contribution in [3.63, 3.8) is 0 Å². The van der Waals surface area contributed by atoms with E-state index in [-0.39, 0.29) is 5.57 Å². The van der Waals surface area contributed by atoms with Crippen LogP contribution in [0.2, 0.25) is 0 Å². The van der Waals surface area contributed by atoms with Gasteiger partial charge in [0.25, 0.3) is 5.60 Å². The van der Waals surface area contributed by atoms with Gasteiger partial charge in [-0.1, -0.05) is 6.58 Å². The van der Waals surface area contributed by atoms with Crippen LogP contribution in [0, 0.1) is 0 Å². The number of hydrogen-bond acceptors (Lipinski definition) is 4. The summed E-state index contributed by atoms with van der Waals surface area (Å²) in [4.78, 5) is 11.1. The van der Waals surface area contributed by atoms with Crippen LogP contribution in [0.3, 0.4) is 0 Å².